The minimum absolute atomic E-state index is 0.193. The molecule has 1 heterocycles. The molecule has 0 atom stereocenters. The molecule has 0 aromatic heterocycles. The Hall–Kier alpha value is -2.58. The first-order valence-corrected chi connectivity index (χ1v) is 12.7. The van der Waals surface area contributed by atoms with Gasteiger partial charge in [-0.2, -0.15) is 0 Å². The molecule has 0 aliphatic carbocycles. The lowest BCUT2D eigenvalue weighted by Crippen LogP contribution is -2.31. The van der Waals surface area contributed by atoms with Gasteiger partial charge >= 0.3 is 0 Å². The van der Waals surface area contributed by atoms with Gasteiger partial charge in [0.25, 0.3) is 15.9 Å². The number of amides is 1. The summed E-state index contributed by atoms with van der Waals surface area (Å²) in [5.74, 6) is -0.234. The SMILES string of the molecule is CCOCCCNC(=O)c1ccc(N2CCCCC2)c(NS(=O)(=O)c2ccc(C)cc2)c1. The summed E-state index contributed by atoms with van der Waals surface area (Å²) in [7, 11) is -3.79. The number of nitrogens with zero attached hydrogens (tertiary/aromatic N) is 1. The van der Waals surface area contributed by atoms with Gasteiger partial charge in [0.15, 0.2) is 0 Å². The zero-order valence-corrected chi connectivity index (χ0v) is 19.7. The van der Waals surface area contributed by atoms with Crippen LogP contribution in [-0.4, -0.2) is 47.2 Å². The van der Waals surface area contributed by atoms with E-state index < -0.39 is 10.0 Å². The van der Waals surface area contributed by atoms with Crippen molar-refractivity contribution in [2.75, 3.05) is 42.5 Å². The summed E-state index contributed by atoms with van der Waals surface area (Å²) in [6.45, 7) is 7.31. The van der Waals surface area contributed by atoms with Gasteiger partial charge in [0.2, 0.25) is 0 Å². The largest absolute Gasteiger partial charge is 0.382 e. The van der Waals surface area contributed by atoms with Crippen molar-refractivity contribution in [2.24, 2.45) is 0 Å². The minimum atomic E-state index is -3.79. The monoisotopic (exact) mass is 459 g/mol. The Labute approximate surface area is 191 Å². The summed E-state index contributed by atoms with van der Waals surface area (Å²) in [4.78, 5) is 15.0. The molecule has 0 bridgehead atoms. The van der Waals surface area contributed by atoms with Crippen LogP contribution in [0, 0.1) is 6.92 Å². The van der Waals surface area contributed by atoms with E-state index >= 15 is 0 Å². The number of sulfonamides is 1. The Bertz CT molecular complexity index is 1000. The molecule has 1 aliphatic heterocycles. The second kappa shape index (κ2) is 11.3. The third-order valence-electron chi connectivity index (χ3n) is 5.49. The summed E-state index contributed by atoms with van der Waals surface area (Å²) in [6, 6.07) is 11.9. The Kier molecular flexibility index (Phi) is 8.53. The summed E-state index contributed by atoms with van der Waals surface area (Å²) in [5.41, 5.74) is 2.63. The predicted molar refractivity (Wildman–Crippen MR) is 128 cm³/mol. The number of aryl methyl sites for hydroxylation is 1. The highest BCUT2D eigenvalue weighted by Gasteiger charge is 2.21. The van der Waals surface area contributed by atoms with Crippen LogP contribution in [0.5, 0.6) is 0 Å². The molecule has 1 aliphatic rings. The second-order valence-electron chi connectivity index (χ2n) is 8.00. The Morgan fingerprint density at radius 2 is 1.78 bits per heavy atom. The van der Waals surface area contributed by atoms with Crippen LogP contribution < -0.4 is 14.9 Å². The van der Waals surface area contributed by atoms with Crippen molar-refractivity contribution in [1.82, 2.24) is 5.32 Å². The van der Waals surface area contributed by atoms with Gasteiger partial charge in [-0.25, -0.2) is 8.42 Å². The first kappa shape index (κ1) is 24.1. The number of hydrogen-bond donors (Lipinski definition) is 2. The van der Waals surface area contributed by atoms with Gasteiger partial charge in [-0.3, -0.25) is 9.52 Å². The lowest BCUT2D eigenvalue weighted by atomic mass is 10.1. The average molecular weight is 460 g/mol. The predicted octanol–water partition coefficient (Wildman–Crippen LogP) is 3.94. The molecule has 1 amide bonds. The van der Waals surface area contributed by atoms with Gasteiger partial charge in [0.1, 0.15) is 0 Å². The maximum atomic E-state index is 13.1. The van der Waals surface area contributed by atoms with E-state index in [1.54, 1.807) is 36.4 Å². The van der Waals surface area contributed by atoms with E-state index in [1.807, 2.05) is 19.9 Å². The minimum Gasteiger partial charge on any atom is -0.382 e. The first-order chi connectivity index (χ1) is 15.4. The van der Waals surface area contributed by atoms with Gasteiger partial charge in [0.05, 0.1) is 16.3 Å². The standard InChI is InChI=1S/C24H33N3O4S/c1-3-31-17-7-14-25-24(28)20-10-13-23(27-15-5-4-6-16-27)22(18-20)26-32(29,30)21-11-8-19(2)9-12-21/h8-13,18,26H,3-7,14-17H2,1-2H3,(H,25,28). The van der Waals surface area contributed by atoms with E-state index in [9.17, 15) is 13.2 Å². The number of piperidine rings is 1. The average Bonchev–Trinajstić information content (AvgIpc) is 2.79. The van der Waals surface area contributed by atoms with Crippen molar-refractivity contribution in [1.29, 1.82) is 0 Å². The molecule has 2 N–H and O–H groups in total. The number of nitrogens with one attached hydrogen (secondary N) is 2. The number of benzene rings is 2. The molecule has 0 unspecified atom stereocenters. The van der Waals surface area contributed by atoms with Crippen molar-refractivity contribution in [3.63, 3.8) is 0 Å². The highest BCUT2D eigenvalue weighted by Crippen LogP contribution is 2.31. The fourth-order valence-corrected chi connectivity index (χ4v) is 4.78. The number of ether oxygens (including phenoxy) is 1. The second-order valence-corrected chi connectivity index (χ2v) is 9.69. The quantitative estimate of drug-likeness (QED) is 0.526. The van der Waals surface area contributed by atoms with E-state index in [2.05, 4.69) is 14.9 Å². The molecular formula is C24H33N3O4S. The summed E-state index contributed by atoms with van der Waals surface area (Å²) >= 11 is 0. The molecule has 8 heteroatoms. The van der Waals surface area contributed by atoms with Crippen LogP contribution in [-0.2, 0) is 14.8 Å². The third kappa shape index (κ3) is 6.46. The number of carbonyl (C=O) groups excluding carboxylic acids is 1. The molecule has 2 aromatic rings. The van der Waals surface area contributed by atoms with E-state index in [-0.39, 0.29) is 10.8 Å². The van der Waals surface area contributed by atoms with Gasteiger partial charge in [-0.15, -0.1) is 0 Å². The van der Waals surface area contributed by atoms with E-state index in [0.29, 0.717) is 31.0 Å². The van der Waals surface area contributed by atoms with Gasteiger partial charge < -0.3 is 15.0 Å². The number of rotatable bonds is 10. The molecule has 7 nitrogen and oxygen atoms in total. The van der Waals surface area contributed by atoms with Crippen LogP contribution in [0.2, 0.25) is 0 Å². The summed E-state index contributed by atoms with van der Waals surface area (Å²) < 4.78 is 34.1. The molecule has 3 rings (SSSR count). The van der Waals surface area contributed by atoms with Crippen molar-refractivity contribution in [3.8, 4) is 0 Å². The molecule has 1 fully saturated rings. The van der Waals surface area contributed by atoms with Crippen molar-refractivity contribution in [3.05, 3.63) is 53.6 Å². The van der Waals surface area contributed by atoms with Crippen LogP contribution >= 0.6 is 0 Å². The van der Waals surface area contributed by atoms with Crippen LogP contribution in [0.1, 0.15) is 48.5 Å². The normalized spacial score (nSPS) is 14.2. The zero-order valence-electron chi connectivity index (χ0n) is 18.9. The lowest BCUT2D eigenvalue weighted by molar-refractivity contribution is 0.0944. The summed E-state index contributed by atoms with van der Waals surface area (Å²) in [5, 5.41) is 2.88. The highest BCUT2D eigenvalue weighted by molar-refractivity contribution is 7.92. The van der Waals surface area contributed by atoms with Gasteiger partial charge in [-0.1, -0.05) is 17.7 Å². The number of anilines is 2. The van der Waals surface area contributed by atoms with Gasteiger partial charge in [-0.05, 0) is 69.9 Å². The maximum absolute atomic E-state index is 13.1. The molecule has 2 aromatic carbocycles. The third-order valence-corrected chi connectivity index (χ3v) is 6.87. The molecule has 174 valence electrons. The molecule has 0 saturated carbocycles. The molecule has 32 heavy (non-hydrogen) atoms. The van der Waals surface area contributed by atoms with E-state index in [1.165, 1.54) is 6.42 Å². The Morgan fingerprint density at radius 1 is 1.06 bits per heavy atom. The Balaban J connectivity index is 1.84. The lowest BCUT2D eigenvalue weighted by Gasteiger charge is -2.31. The molecule has 0 spiro atoms. The van der Waals surface area contributed by atoms with Crippen LogP contribution in [0.4, 0.5) is 11.4 Å². The molecular weight excluding hydrogens is 426 g/mol. The van der Waals surface area contributed by atoms with Crippen molar-refractivity contribution < 1.29 is 17.9 Å². The van der Waals surface area contributed by atoms with Crippen LogP contribution in [0.3, 0.4) is 0 Å². The van der Waals surface area contributed by atoms with E-state index in [0.717, 1.165) is 43.6 Å². The van der Waals surface area contributed by atoms with Crippen molar-refractivity contribution in [2.45, 2.75) is 44.4 Å². The number of hydrogen-bond acceptors (Lipinski definition) is 5. The van der Waals surface area contributed by atoms with Gasteiger partial charge in [0, 0.05) is 38.4 Å². The topological polar surface area (TPSA) is 87.7 Å². The number of carbonyl (C=O) groups is 1. The fraction of sp³-hybridized carbons (Fsp3) is 0.458. The highest BCUT2D eigenvalue weighted by atomic mass is 32.2. The molecule has 0 radical (unpaired) electrons. The molecule has 1 saturated heterocycles. The summed E-state index contributed by atoms with van der Waals surface area (Å²) in [6.07, 6.45) is 4.01. The fourth-order valence-electron chi connectivity index (χ4n) is 3.71. The smallest absolute Gasteiger partial charge is 0.261 e. The van der Waals surface area contributed by atoms with Crippen LogP contribution in [0.25, 0.3) is 0 Å². The Morgan fingerprint density at radius 3 is 2.47 bits per heavy atom. The van der Waals surface area contributed by atoms with Crippen molar-refractivity contribution >= 4 is 27.3 Å². The van der Waals surface area contributed by atoms with E-state index in [4.69, 9.17) is 4.74 Å². The maximum Gasteiger partial charge on any atom is 0.261 e. The zero-order chi connectivity index (χ0) is 23.0. The first-order valence-electron chi connectivity index (χ1n) is 11.2. The van der Waals surface area contributed by atoms with Crippen LogP contribution in [0.15, 0.2) is 47.4 Å².